The van der Waals surface area contributed by atoms with Crippen LogP contribution in [0.1, 0.15) is 33.3 Å². The van der Waals surface area contributed by atoms with Crippen molar-refractivity contribution in [2.75, 3.05) is 13.2 Å². The highest BCUT2D eigenvalue weighted by atomic mass is 16.5. The lowest BCUT2D eigenvalue weighted by Crippen LogP contribution is -2.50. The van der Waals surface area contributed by atoms with Gasteiger partial charge in [-0.2, -0.15) is 5.26 Å². The Labute approximate surface area is 169 Å². The molecule has 0 spiro atoms. The van der Waals surface area contributed by atoms with E-state index < -0.39 is 48.0 Å². The maximum atomic E-state index is 12.7. The highest BCUT2D eigenvalue weighted by Gasteiger charge is 2.49. The van der Waals surface area contributed by atoms with E-state index in [2.05, 4.69) is 10.6 Å². The number of carbonyl (C=O) groups excluding carboxylic acids is 4. The van der Waals surface area contributed by atoms with Crippen molar-refractivity contribution in [3.05, 3.63) is 35.9 Å². The molecule has 1 heterocycles. The molecule has 0 aliphatic carbocycles. The Balaban J connectivity index is 1.96. The minimum absolute atomic E-state index is 0.159. The number of amides is 4. The minimum atomic E-state index is -1.29. The zero-order valence-corrected chi connectivity index (χ0v) is 16.8. The molecule has 2 N–H and O–H groups in total. The Hall–Kier alpha value is -3.41. The molecule has 0 aromatic heterocycles. The van der Waals surface area contributed by atoms with Gasteiger partial charge in [0.1, 0.15) is 17.6 Å². The van der Waals surface area contributed by atoms with Crippen molar-refractivity contribution in [3.63, 3.8) is 0 Å². The zero-order chi connectivity index (χ0) is 21.8. The standard InChI is InChI=1S/C20H24N4O5/c1-13(2)19(3,12-21)22-15(25)11-29-16(26)10-24-17(27)20(4,23-18(24)28)14-8-6-5-7-9-14/h5-9,13H,10-11H2,1-4H3,(H,22,25)(H,23,28)/t19-,20+/m1/s1. The van der Waals surface area contributed by atoms with Crippen LogP contribution >= 0.6 is 0 Å². The Bertz CT molecular complexity index is 863. The fourth-order valence-electron chi connectivity index (χ4n) is 2.76. The molecule has 1 fully saturated rings. The highest BCUT2D eigenvalue weighted by Crippen LogP contribution is 2.28. The summed E-state index contributed by atoms with van der Waals surface area (Å²) in [5.74, 6) is -2.31. The van der Waals surface area contributed by atoms with Gasteiger partial charge >= 0.3 is 12.0 Å². The van der Waals surface area contributed by atoms with Crippen LogP contribution in [-0.4, -0.2) is 47.4 Å². The molecule has 0 bridgehead atoms. The topological polar surface area (TPSA) is 129 Å². The van der Waals surface area contributed by atoms with Gasteiger partial charge in [0.25, 0.3) is 11.8 Å². The van der Waals surface area contributed by atoms with Gasteiger partial charge in [-0.25, -0.2) is 4.79 Å². The number of imide groups is 1. The normalized spacial score (nSPS) is 20.6. The SMILES string of the molecule is CC(C)[C@@](C)(C#N)NC(=O)COC(=O)CN1C(=O)N[C@@](C)(c2ccccc2)C1=O. The van der Waals surface area contributed by atoms with E-state index in [1.54, 1.807) is 58.0 Å². The molecule has 4 amide bonds. The average Bonchev–Trinajstić information content (AvgIpc) is 2.91. The van der Waals surface area contributed by atoms with Gasteiger partial charge in [-0.3, -0.25) is 19.3 Å². The summed E-state index contributed by atoms with van der Waals surface area (Å²) in [5, 5.41) is 14.3. The first-order valence-corrected chi connectivity index (χ1v) is 9.11. The number of nitrogens with one attached hydrogen (secondary N) is 2. The summed E-state index contributed by atoms with van der Waals surface area (Å²) in [6.07, 6.45) is 0. The van der Waals surface area contributed by atoms with Crippen molar-refractivity contribution >= 4 is 23.8 Å². The van der Waals surface area contributed by atoms with Gasteiger partial charge in [0.05, 0.1) is 6.07 Å². The lowest BCUT2D eigenvalue weighted by molar-refractivity contribution is -0.151. The molecule has 1 aliphatic heterocycles. The van der Waals surface area contributed by atoms with Gasteiger partial charge in [0.15, 0.2) is 6.61 Å². The van der Waals surface area contributed by atoms with E-state index >= 15 is 0 Å². The molecule has 29 heavy (non-hydrogen) atoms. The summed E-state index contributed by atoms with van der Waals surface area (Å²) in [7, 11) is 0. The number of benzene rings is 1. The van der Waals surface area contributed by atoms with Crippen LogP contribution in [0.3, 0.4) is 0 Å². The molecule has 1 aromatic rings. The third-order valence-electron chi connectivity index (χ3n) is 5.06. The third kappa shape index (κ3) is 4.54. The molecule has 1 aliphatic rings. The predicted molar refractivity (Wildman–Crippen MR) is 102 cm³/mol. The van der Waals surface area contributed by atoms with Crippen LogP contribution in [0.4, 0.5) is 4.79 Å². The molecule has 154 valence electrons. The Morgan fingerprint density at radius 3 is 2.48 bits per heavy atom. The van der Waals surface area contributed by atoms with Crippen LogP contribution < -0.4 is 10.6 Å². The smallest absolute Gasteiger partial charge is 0.326 e. The number of urea groups is 1. The second kappa shape index (κ2) is 8.31. The monoisotopic (exact) mass is 400 g/mol. The second-order valence-electron chi connectivity index (χ2n) is 7.49. The summed E-state index contributed by atoms with van der Waals surface area (Å²) in [6, 6.07) is 9.95. The molecule has 2 rings (SSSR count). The van der Waals surface area contributed by atoms with Crippen molar-refractivity contribution in [2.24, 2.45) is 5.92 Å². The maximum absolute atomic E-state index is 12.7. The van der Waals surface area contributed by atoms with Crippen molar-refractivity contribution < 1.29 is 23.9 Å². The molecule has 1 saturated heterocycles. The summed E-state index contributed by atoms with van der Waals surface area (Å²) in [4.78, 5) is 49.8. The van der Waals surface area contributed by atoms with Gasteiger partial charge in [0, 0.05) is 0 Å². The fraction of sp³-hybridized carbons (Fsp3) is 0.450. The van der Waals surface area contributed by atoms with Crippen molar-refractivity contribution in [1.29, 1.82) is 5.26 Å². The predicted octanol–water partition coefficient (Wildman–Crippen LogP) is 1.05. The van der Waals surface area contributed by atoms with Gasteiger partial charge in [-0.05, 0) is 25.3 Å². The first kappa shape index (κ1) is 21.9. The Kier molecular flexibility index (Phi) is 6.27. The zero-order valence-electron chi connectivity index (χ0n) is 16.8. The van der Waals surface area contributed by atoms with E-state index in [0.29, 0.717) is 5.56 Å². The molecule has 2 atom stereocenters. The van der Waals surface area contributed by atoms with Crippen LogP contribution in [0, 0.1) is 17.2 Å². The number of esters is 1. The number of hydrogen-bond acceptors (Lipinski definition) is 6. The number of hydrogen-bond donors (Lipinski definition) is 2. The fourth-order valence-corrected chi connectivity index (χ4v) is 2.76. The van der Waals surface area contributed by atoms with Gasteiger partial charge < -0.3 is 15.4 Å². The molecular formula is C20H24N4O5. The summed E-state index contributed by atoms with van der Waals surface area (Å²) >= 11 is 0. The van der Waals surface area contributed by atoms with Gasteiger partial charge in [-0.1, -0.05) is 44.2 Å². The third-order valence-corrected chi connectivity index (χ3v) is 5.06. The largest absolute Gasteiger partial charge is 0.454 e. The first-order valence-electron chi connectivity index (χ1n) is 9.11. The van der Waals surface area contributed by atoms with Crippen LogP contribution in [0.5, 0.6) is 0 Å². The molecule has 9 heteroatoms. The quantitative estimate of drug-likeness (QED) is 0.520. The number of carbonyl (C=O) groups is 4. The van der Waals surface area contributed by atoms with Gasteiger partial charge in [-0.15, -0.1) is 0 Å². The maximum Gasteiger partial charge on any atom is 0.326 e. The van der Waals surface area contributed by atoms with Crippen LogP contribution in [-0.2, 0) is 24.7 Å². The number of rotatable bonds is 7. The van der Waals surface area contributed by atoms with E-state index in [4.69, 9.17) is 4.74 Å². The molecular weight excluding hydrogens is 376 g/mol. The molecule has 9 nitrogen and oxygen atoms in total. The first-order chi connectivity index (χ1) is 13.5. The van der Waals surface area contributed by atoms with E-state index in [0.717, 1.165) is 4.90 Å². The van der Waals surface area contributed by atoms with Crippen LogP contribution in [0.25, 0.3) is 0 Å². The van der Waals surface area contributed by atoms with E-state index in [1.165, 1.54) is 0 Å². The van der Waals surface area contributed by atoms with E-state index in [9.17, 15) is 24.4 Å². The minimum Gasteiger partial charge on any atom is -0.454 e. The Morgan fingerprint density at radius 2 is 1.93 bits per heavy atom. The molecule has 0 saturated carbocycles. The lowest BCUT2D eigenvalue weighted by atomic mass is 9.90. The van der Waals surface area contributed by atoms with Crippen molar-refractivity contribution in [3.8, 4) is 6.07 Å². The molecule has 1 aromatic carbocycles. The van der Waals surface area contributed by atoms with Crippen LogP contribution in [0.2, 0.25) is 0 Å². The Morgan fingerprint density at radius 1 is 1.31 bits per heavy atom. The second-order valence-corrected chi connectivity index (χ2v) is 7.49. The lowest BCUT2D eigenvalue weighted by Gasteiger charge is -2.27. The summed E-state index contributed by atoms with van der Waals surface area (Å²) in [5.41, 5.74) is -1.81. The molecule has 0 unspecified atom stereocenters. The highest BCUT2D eigenvalue weighted by molar-refractivity contribution is 6.08. The van der Waals surface area contributed by atoms with Crippen molar-refractivity contribution in [1.82, 2.24) is 15.5 Å². The number of nitrogens with zero attached hydrogens (tertiary/aromatic N) is 2. The average molecular weight is 400 g/mol. The van der Waals surface area contributed by atoms with E-state index in [1.807, 2.05) is 6.07 Å². The number of ether oxygens (including phenoxy) is 1. The summed E-state index contributed by atoms with van der Waals surface area (Å²) in [6.45, 7) is 5.42. The number of nitriles is 1. The van der Waals surface area contributed by atoms with Crippen molar-refractivity contribution in [2.45, 2.75) is 38.8 Å². The van der Waals surface area contributed by atoms with Crippen LogP contribution in [0.15, 0.2) is 30.3 Å². The molecule has 0 radical (unpaired) electrons. The van der Waals surface area contributed by atoms with Gasteiger partial charge in [0.2, 0.25) is 0 Å². The summed E-state index contributed by atoms with van der Waals surface area (Å²) < 4.78 is 4.87. The van der Waals surface area contributed by atoms with E-state index in [-0.39, 0.29) is 5.92 Å².